The fourth-order valence-electron chi connectivity index (χ4n) is 3.32. The Morgan fingerprint density at radius 2 is 1.77 bits per heavy atom. The topological polar surface area (TPSA) is 78.8 Å². The van der Waals surface area contributed by atoms with Crippen molar-refractivity contribution in [3.63, 3.8) is 0 Å². The molecule has 0 saturated carbocycles. The minimum absolute atomic E-state index is 0.0806. The summed E-state index contributed by atoms with van der Waals surface area (Å²) in [5.41, 5.74) is 3.45. The Bertz CT molecular complexity index is 997. The molecule has 0 fully saturated rings. The summed E-state index contributed by atoms with van der Waals surface area (Å²) in [6, 6.07) is 15.1. The average molecular weight is 349 g/mol. The normalized spacial score (nSPS) is 12.8. The number of rotatable bonds is 5. The molecule has 1 aliphatic heterocycles. The summed E-state index contributed by atoms with van der Waals surface area (Å²) >= 11 is 0. The van der Waals surface area contributed by atoms with Crippen molar-refractivity contribution in [2.24, 2.45) is 0 Å². The number of phenols is 1. The van der Waals surface area contributed by atoms with Crippen LogP contribution in [0.15, 0.2) is 48.5 Å². The van der Waals surface area contributed by atoms with Gasteiger partial charge in [-0.15, -0.1) is 0 Å². The third kappa shape index (κ3) is 3.21. The largest absolute Gasteiger partial charge is 0.507 e. The molecule has 0 unspecified atom stereocenters. The van der Waals surface area contributed by atoms with E-state index in [4.69, 9.17) is 9.84 Å². The van der Waals surface area contributed by atoms with Crippen LogP contribution < -0.4 is 10.1 Å². The summed E-state index contributed by atoms with van der Waals surface area (Å²) in [4.78, 5) is 11.2. The molecule has 3 aromatic rings. The number of aromatic carboxylic acids is 1. The lowest BCUT2D eigenvalue weighted by Crippen LogP contribution is -2.12. The first-order valence-electron chi connectivity index (χ1n) is 8.54. The summed E-state index contributed by atoms with van der Waals surface area (Å²) in [6.45, 7) is 2.19. The van der Waals surface area contributed by atoms with Crippen LogP contribution in [0.5, 0.6) is 11.5 Å². The van der Waals surface area contributed by atoms with Crippen molar-refractivity contribution < 1.29 is 19.7 Å². The van der Waals surface area contributed by atoms with Crippen LogP contribution in [0.3, 0.4) is 0 Å². The van der Waals surface area contributed by atoms with Gasteiger partial charge in [-0.25, -0.2) is 4.79 Å². The number of carboxylic acids is 1. The molecule has 0 aliphatic carbocycles. The van der Waals surface area contributed by atoms with E-state index in [1.165, 1.54) is 23.3 Å². The number of benzene rings is 3. The van der Waals surface area contributed by atoms with Gasteiger partial charge in [0.25, 0.3) is 0 Å². The van der Waals surface area contributed by atoms with Crippen LogP contribution in [0.4, 0.5) is 0 Å². The molecule has 0 spiro atoms. The smallest absolute Gasteiger partial charge is 0.339 e. The quantitative estimate of drug-likeness (QED) is 0.657. The molecule has 0 bridgehead atoms. The molecule has 3 aromatic carbocycles. The predicted molar refractivity (Wildman–Crippen MR) is 98.8 cm³/mol. The second kappa shape index (κ2) is 6.69. The van der Waals surface area contributed by atoms with Crippen LogP contribution in [0.25, 0.3) is 10.8 Å². The molecule has 5 heteroatoms. The number of ether oxygens (including phenoxy) is 1. The standard InChI is InChI=1S/C21H19NO4/c23-19-10-15-3-1-13(8-17(15)9-18(19)21(24)25)11-22-12-14-2-4-20-16(7-14)5-6-26-20/h1-4,7-10,22-23H,5-6,11-12H2,(H,24,25). The minimum atomic E-state index is -1.13. The zero-order valence-corrected chi connectivity index (χ0v) is 14.2. The first kappa shape index (κ1) is 16.4. The minimum Gasteiger partial charge on any atom is -0.507 e. The molecule has 5 nitrogen and oxygen atoms in total. The number of nitrogens with one attached hydrogen (secondary N) is 1. The average Bonchev–Trinajstić information content (AvgIpc) is 3.09. The van der Waals surface area contributed by atoms with Gasteiger partial charge in [0.2, 0.25) is 0 Å². The SMILES string of the molecule is O=C(O)c1cc2cc(CNCc3ccc4c(c3)CCO4)ccc2cc1O. The number of carbonyl (C=O) groups is 1. The molecule has 26 heavy (non-hydrogen) atoms. The second-order valence-corrected chi connectivity index (χ2v) is 6.50. The van der Waals surface area contributed by atoms with E-state index in [1.54, 1.807) is 0 Å². The molecule has 0 radical (unpaired) electrons. The third-order valence-electron chi connectivity index (χ3n) is 4.66. The fraction of sp³-hybridized carbons (Fsp3) is 0.190. The van der Waals surface area contributed by atoms with Crippen LogP contribution >= 0.6 is 0 Å². The lowest BCUT2D eigenvalue weighted by Gasteiger charge is -2.09. The highest BCUT2D eigenvalue weighted by atomic mass is 16.5. The summed E-state index contributed by atoms with van der Waals surface area (Å²) in [5, 5.41) is 24.0. The Morgan fingerprint density at radius 3 is 2.58 bits per heavy atom. The first-order valence-corrected chi connectivity index (χ1v) is 8.54. The van der Waals surface area contributed by atoms with E-state index in [9.17, 15) is 9.90 Å². The lowest BCUT2D eigenvalue weighted by atomic mass is 10.0. The summed E-state index contributed by atoms with van der Waals surface area (Å²) < 4.78 is 5.52. The van der Waals surface area contributed by atoms with Crippen LogP contribution in [0.2, 0.25) is 0 Å². The molecule has 4 rings (SSSR count). The van der Waals surface area contributed by atoms with Gasteiger partial charge in [-0.3, -0.25) is 0 Å². The molecule has 0 atom stereocenters. The van der Waals surface area contributed by atoms with Crippen molar-refractivity contribution in [2.75, 3.05) is 6.61 Å². The van der Waals surface area contributed by atoms with Gasteiger partial charge < -0.3 is 20.3 Å². The molecule has 0 amide bonds. The molecular formula is C21H19NO4. The van der Waals surface area contributed by atoms with Crippen LogP contribution in [0, 0.1) is 0 Å². The van der Waals surface area contributed by atoms with Crippen molar-refractivity contribution in [1.29, 1.82) is 0 Å². The Morgan fingerprint density at radius 1 is 1.00 bits per heavy atom. The van der Waals surface area contributed by atoms with Gasteiger partial charge in [-0.1, -0.05) is 24.3 Å². The zero-order chi connectivity index (χ0) is 18.1. The van der Waals surface area contributed by atoms with Crippen LogP contribution in [-0.2, 0) is 19.5 Å². The van der Waals surface area contributed by atoms with E-state index in [0.717, 1.165) is 41.7 Å². The number of fused-ring (bicyclic) bond motifs is 2. The number of hydrogen-bond acceptors (Lipinski definition) is 4. The van der Waals surface area contributed by atoms with Gasteiger partial charge in [-0.2, -0.15) is 0 Å². The van der Waals surface area contributed by atoms with E-state index in [0.29, 0.717) is 6.54 Å². The van der Waals surface area contributed by atoms with Gasteiger partial charge in [-0.05, 0) is 51.7 Å². The number of hydrogen-bond donors (Lipinski definition) is 3. The fourth-order valence-corrected chi connectivity index (χ4v) is 3.32. The molecule has 0 aromatic heterocycles. The summed E-state index contributed by atoms with van der Waals surface area (Å²) in [7, 11) is 0. The zero-order valence-electron chi connectivity index (χ0n) is 14.2. The highest BCUT2D eigenvalue weighted by Crippen LogP contribution is 2.27. The van der Waals surface area contributed by atoms with Gasteiger partial charge in [0.1, 0.15) is 17.1 Å². The predicted octanol–water partition coefficient (Wildman–Crippen LogP) is 3.47. The first-order chi connectivity index (χ1) is 12.6. The Hall–Kier alpha value is -3.05. The maximum absolute atomic E-state index is 11.2. The van der Waals surface area contributed by atoms with Gasteiger partial charge >= 0.3 is 5.97 Å². The highest BCUT2D eigenvalue weighted by Gasteiger charge is 2.12. The van der Waals surface area contributed by atoms with E-state index in [-0.39, 0.29) is 11.3 Å². The van der Waals surface area contributed by atoms with Gasteiger partial charge in [0.05, 0.1) is 6.61 Å². The van der Waals surface area contributed by atoms with E-state index >= 15 is 0 Å². The molecule has 0 saturated heterocycles. The molecule has 132 valence electrons. The number of aromatic hydroxyl groups is 1. The molecule has 1 heterocycles. The van der Waals surface area contributed by atoms with E-state index in [2.05, 4.69) is 17.4 Å². The van der Waals surface area contributed by atoms with Crippen molar-refractivity contribution in [1.82, 2.24) is 5.32 Å². The lowest BCUT2D eigenvalue weighted by molar-refractivity contribution is 0.0694. The van der Waals surface area contributed by atoms with Crippen molar-refractivity contribution in [2.45, 2.75) is 19.5 Å². The molecular weight excluding hydrogens is 330 g/mol. The second-order valence-electron chi connectivity index (χ2n) is 6.50. The monoisotopic (exact) mass is 349 g/mol. The third-order valence-corrected chi connectivity index (χ3v) is 4.66. The Kier molecular flexibility index (Phi) is 4.22. The van der Waals surface area contributed by atoms with Gasteiger partial charge in [0.15, 0.2) is 0 Å². The summed E-state index contributed by atoms with van der Waals surface area (Å²) in [5.74, 6) is -0.356. The highest BCUT2D eigenvalue weighted by molar-refractivity contribution is 5.97. The molecule has 1 aliphatic rings. The van der Waals surface area contributed by atoms with Crippen molar-refractivity contribution in [3.8, 4) is 11.5 Å². The Labute approximate surface area is 150 Å². The van der Waals surface area contributed by atoms with Crippen LogP contribution in [-0.4, -0.2) is 22.8 Å². The number of carboxylic acid groups (broad SMARTS) is 1. The van der Waals surface area contributed by atoms with E-state index in [1.807, 2.05) is 24.3 Å². The van der Waals surface area contributed by atoms with Crippen molar-refractivity contribution in [3.05, 3.63) is 70.8 Å². The van der Waals surface area contributed by atoms with Crippen LogP contribution in [0.1, 0.15) is 27.0 Å². The van der Waals surface area contributed by atoms with E-state index < -0.39 is 5.97 Å². The van der Waals surface area contributed by atoms with Gasteiger partial charge in [0, 0.05) is 19.5 Å². The van der Waals surface area contributed by atoms with Crippen molar-refractivity contribution >= 4 is 16.7 Å². The maximum atomic E-state index is 11.2. The molecule has 3 N–H and O–H groups in total. The Balaban J connectivity index is 1.47. The summed E-state index contributed by atoms with van der Waals surface area (Å²) in [6.07, 6.45) is 0.965. The maximum Gasteiger partial charge on any atom is 0.339 e.